The average Bonchev–Trinajstić information content (AvgIpc) is 3.43. The Morgan fingerprint density at radius 2 is 1.96 bits per heavy atom. The molecular weight excluding hydrogens is 346 g/mol. The summed E-state index contributed by atoms with van der Waals surface area (Å²) < 4.78 is 7.35. The molecule has 4 aromatic heterocycles. The Balaban J connectivity index is 1.87. The lowest BCUT2D eigenvalue weighted by molar-refractivity contribution is 0.569. The molecule has 126 valence electrons. The van der Waals surface area contributed by atoms with Crippen LogP contribution in [0, 0.1) is 6.92 Å². The Kier molecular flexibility index (Phi) is 3.39. The van der Waals surface area contributed by atoms with Crippen molar-refractivity contribution < 1.29 is 4.42 Å². The lowest BCUT2D eigenvalue weighted by Gasteiger charge is -2.06. The number of thiophene rings is 1. The van der Waals surface area contributed by atoms with E-state index < -0.39 is 0 Å². The zero-order valence-corrected chi connectivity index (χ0v) is 14.6. The van der Waals surface area contributed by atoms with E-state index in [0.717, 1.165) is 38.5 Å². The van der Waals surface area contributed by atoms with E-state index in [4.69, 9.17) is 14.5 Å². The molecule has 0 bridgehead atoms. The van der Waals surface area contributed by atoms with Crippen LogP contribution in [-0.2, 0) is 0 Å². The third-order valence-corrected chi connectivity index (χ3v) is 5.07. The van der Waals surface area contributed by atoms with Crippen LogP contribution in [0.25, 0.3) is 38.7 Å². The zero-order chi connectivity index (χ0) is 17.5. The standard InChI is InChI=1S/C19H13N5OS/c1-12-17-14(19-22-20-11-25-19)10-15(16-8-5-9-26-16)21-18(17)24(23-12)13-6-3-2-4-7-13/h2-11H,1H3. The smallest absolute Gasteiger partial charge is 0.248 e. The molecule has 0 amide bonds. The maximum Gasteiger partial charge on any atom is 0.248 e. The highest BCUT2D eigenvalue weighted by atomic mass is 32.1. The number of nitrogens with zero attached hydrogens (tertiary/aromatic N) is 5. The Labute approximate surface area is 152 Å². The molecule has 0 fully saturated rings. The molecule has 0 atom stereocenters. The lowest BCUT2D eigenvalue weighted by Crippen LogP contribution is -1.98. The van der Waals surface area contributed by atoms with Gasteiger partial charge in [0.1, 0.15) is 0 Å². The van der Waals surface area contributed by atoms with Gasteiger partial charge in [0, 0.05) is 0 Å². The van der Waals surface area contributed by atoms with Gasteiger partial charge in [0.25, 0.3) is 0 Å². The summed E-state index contributed by atoms with van der Waals surface area (Å²) in [6.45, 7) is 1.97. The van der Waals surface area contributed by atoms with Crippen molar-refractivity contribution in [3.63, 3.8) is 0 Å². The van der Waals surface area contributed by atoms with E-state index in [9.17, 15) is 0 Å². The van der Waals surface area contributed by atoms with Crippen LogP contribution in [0.2, 0.25) is 0 Å². The van der Waals surface area contributed by atoms with Gasteiger partial charge in [0.05, 0.1) is 32.9 Å². The molecule has 0 saturated heterocycles. The van der Waals surface area contributed by atoms with E-state index in [1.807, 2.05) is 65.5 Å². The first-order valence-corrected chi connectivity index (χ1v) is 8.95. The minimum Gasteiger partial charge on any atom is -0.423 e. The molecular formula is C19H13N5OS. The fourth-order valence-corrected chi connectivity index (χ4v) is 3.73. The van der Waals surface area contributed by atoms with Crippen LogP contribution in [0.3, 0.4) is 0 Å². The quantitative estimate of drug-likeness (QED) is 0.474. The molecule has 5 aromatic rings. The first kappa shape index (κ1) is 15.0. The van der Waals surface area contributed by atoms with Crippen molar-refractivity contribution in [2.24, 2.45) is 0 Å². The summed E-state index contributed by atoms with van der Waals surface area (Å²) in [7, 11) is 0. The number of fused-ring (bicyclic) bond motifs is 1. The predicted molar refractivity (Wildman–Crippen MR) is 100 cm³/mol. The second-order valence-corrected chi connectivity index (χ2v) is 6.76. The summed E-state index contributed by atoms with van der Waals surface area (Å²) >= 11 is 1.64. The zero-order valence-electron chi connectivity index (χ0n) is 13.8. The van der Waals surface area contributed by atoms with Gasteiger partial charge in [0.2, 0.25) is 12.3 Å². The average molecular weight is 359 g/mol. The number of rotatable bonds is 3. The molecule has 4 heterocycles. The highest BCUT2D eigenvalue weighted by molar-refractivity contribution is 7.13. The number of pyridine rings is 1. The predicted octanol–water partition coefficient (Wildman–Crippen LogP) is 4.51. The third-order valence-electron chi connectivity index (χ3n) is 4.18. The summed E-state index contributed by atoms with van der Waals surface area (Å²) in [5.41, 5.74) is 4.29. The summed E-state index contributed by atoms with van der Waals surface area (Å²) in [5, 5.41) is 15.6. The fourth-order valence-electron chi connectivity index (χ4n) is 3.05. The number of hydrogen-bond donors (Lipinski definition) is 0. The molecule has 26 heavy (non-hydrogen) atoms. The molecule has 0 unspecified atom stereocenters. The van der Waals surface area contributed by atoms with Gasteiger partial charge in [-0.05, 0) is 36.6 Å². The second-order valence-electron chi connectivity index (χ2n) is 5.81. The largest absolute Gasteiger partial charge is 0.423 e. The maximum absolute atomic E-state index is 5.49. The van der Waals surface area contributed by atoms with Crippen LogP contribution in [0.1, 0.15) is 5.69 Å². The number of aromatic nitrogens is 5. The van der Waals surface area contributed by atoms with Gasteiger partial charge in [-0.1, -0.05) is 24.3 Å². The number of benzene rings is 1. The summed E-state index contributed by atoms with van der Waals surface area (Å²) in [6, 6.07) is 16.0. The van der Waals surface area contributed by atoms with E-state index in [1.54, 1.807) is 11.3 Å². The third kappa shape index (κ3) is 2.33. The van der Waals surface area contributed by atoms with Crippen LogP contribution < -0.4 is 0 Å². The van der Waals surface area contributed by atoms with E-state index in [1.165, 1.54) is 6.39 Å². The first-order chi connectivity index (χ1) is 12.8. The molecule has 0 aliphatic heterocycles. The molecule has 0 saturated carbocycles. The summed E-state index contributed by atoms with van der Waals surface area (Å²) in [5.74, 6) is 0.464. The number of aryl methyl sites for hydroxylation is 1. The van der Waals surface area contributed by atoms with Gasteiger partial charge in [-0.2, -0.15) is 5.10 Å². The van der Waals surface area contributed by atoms with Gasteiger partial charge in [-0.15, -0.1) is 21.5 Å². The van der Waals surface area contributed by atoms with Gasteiger partial charge in [-0.3, -0.25) is 0 Å². The second kappa shape index (κ2) is 5.89. The van der Waals surface area contributed by atoms with Crippen molar-refractivity contribution in [2.45, 2.75) is 6.92 Å². The van der Waals surface area contributed by atoms with Crippen molar-refractivity contribution in [1.82, 2.24) is 25.0 Å². The van der Waals surface area contributed by atoms with Gasteiger partial charge < -0.3 is 4.42 Å². The van der Waals surface area contributed by atoms with Crippen molar-refractivity contribution >= 4 is 22.4 Å². The van der Waals surface area contributed by atoms with Crippen molar-refractivity contribution in [3.05, 3.63) is 66.0 Å². The Bertz CT molecular complexity index is 1180. The molecule has 5 rings (SSSR count). The molecule has 0 radical (unpaired) electrons. The van der Waals surface area contributed by atoms with E-state index in [-0.39, 0.29) is 0 Å². The molecule has 0 aliphatic rings. The minimum absolute atomic E-state index is 0.464. The van der Waals surface area contributed by atoms with Crippen LogP contribution >= 0.6 is 11.3 Å². The molecule has 0 N–H and O–H groups in total. The van der Waals surface area contributed by atoms with Crippen LogP contribution in [0.5, 0.6) is 0 Å². The highest BCUT2D eigenvalue weighted by Crippen LogP contribution is 2.35. The van der Waals surface area contributed by atoms with E-state index in [0.29, 0.717) is 5.89 Å². The Morgan fingerprint density at radius 3 is 2.69 bits per heavy atom. The number of hydrogen-bond acceptors (Lipinski definition) is 6. The molecule has 1 aromatic carbocycles. The van der Waals surface area contributed by atoms with Crippen LogP contribution in [0.4, 0.5) is 0 Å². The van der Waals surface area contributed by atoms with Crippen molar-refractivity contribution in [1.29, 1.82) is 0 Å². The topological polar surface area (TPSA) is 69.6 Å². The van der Waals surface area contributed by atoms with E-state index >= 15 is 0 Å². The number of para-hydroxylation sites is 1. The van der Waals surface area contributed by atoms with Crippen molar-refractivity contribution in [2.75, 3.05) is 0 Å². The molecule has 0 aliphatic carbocycles. The lowest BCUT2D eigenvalue weighted by atomic mass is 10.1. The summed E-state index contributed by atoms with van der Waals surface area (Å²) in [4.78, 5) is 5.98. The van der Waals surface area contributed by atoms with Gasteiger partial charge >= 0.3 is 0 Å². The minimum atomic E-state index is 0.464. The molecule has 7 heteroatoms. The highest BCUT2D eigenvalue weighted by Gasteiger charge is 2.20. The maximum atomic E-state index is 5.49. The van der Waals surface area contributed by atoms with Crippen LogP contribution in [-0.4, -0.2) is 25.0 Å². The summed E-state index contributed by atoms with van der Waals surface area (Å²) in [6.07, 6.45) is 1.34. The molecule has 6 nitrogen and oxygen atoms in total. The van der Waals surface area contributed by atoms with Gasteiger partial charge in [0.15, 0.2) is 5.65 Å². The fraction of sp³-hybridized carbons (Fsp3) is 0.0526. The monoisotopic (exact) mass is 359 g/mol. The SMILES string of the molecule is Cc1nn(-c2ccccc2)c2nc(-c3cccs3)cc(-c3nnco3)c12. The molecule has 0 spiro atoms. The van der Waals surface area contributed by atoms with Crippen LogP contribution in [0.15, 0.2) is 64.7 Å². The van der Waals surface area contributed by atoms with E-state index in [2.05, 4.69) is 10.2 Å². The first-order valence-electron chi connectivity index (χ1n) is 8.07. The van der Waals surface area contributed by atoms with Crippen molar-refractivity contribution in [3.8, 4) is 27.7 Å². The Morgan fingerprint density at radius 1 is 1.08 bits per heavy atom. The van der Waals surface area contributed by atoms with Gasteiger partial charge in [-0.25, -0.2) is 9.67 Å². The Hall–Kier alpha value is -3.32. The normalized spacial score (nSPS) is 11.3.